The van der Waals surface area contributed by atoms with E-state index in [2.05, 4.69) is 27.5 Å². The molecule has 2 heterocycles. The minimum atomic E-state index is -0.182. The number of nitrogens with zero attached hydrogens (tertiary/aromatic N) is 3. The number of nitrogens with one attached hydrogen (secondary N) is 1. The van der Waals surface area contributed by atoms with Gasteiger partial charge in [0.05, 0.1) is 0 Å². The average Bonchev–Trinajstić information content (AvgIpc) is 3.01. The SMILES string of the molecule is CC(=O)Nc1nc(-c2ccccc2)c2c(-c3ccccc3)ccnn12. The van der Waals surface area contributed by atoms with Gasteiger partial charge in [0.1, 0.15) is 11.2 Å². The van der Waals surface area contributed by atoms with Crippen molar-refractivity contribution >= 4 is 17.4 Å². The van der Waals surface area contributed by atoms with Crippen LogP contribution in [0.2, 0.25) is 0 Å². The molecule has 1 N–H and O–H groups in total. The summed E-state index contributed by atoms with van der Waals surface area (Å²) >= 11 is 0. The summed E-state index contributed by atoms with van der Waals surface area (Å²) in [7, 11) is 0. The lowest BCUT2D eigenvalue weighted by Gasteiger charge is -2.06. The molecule has 0 saturated carbocycles. The minimum Gasteiger partial charge on any atom is -0.295 e. The first-order valence-corrected chi connectivity index (χ1v) is 8.00. The molecular weight excluding hydrogens is 312 g/mol. The number of rotatable bonds is 3. The number of hydrogen-bond acceptors (Lipinski definition) is 3. The van der Waals surface area contributed by atoms with Gasteiger partial charge in [-0.05, 0) is 11.6 Å². The third kappa shape index (κ3) is 2.76. The van der Waals surface area contributed by atoms with Crippen molar-refractivity contribution in [1.29, 1.82) is 0 Å². The van der Waals surface area contributed by atoms with Crippen molar-refractivity contribution in [2.24, 2.45) is 0 Å². The molecule has 0 atom stereocenters. The van der Waals surface area contributed by atoms with Gasteiger partial charge >= 0.3 is 0 Å². The van der Waals surface area contributed by atoms with Gasteiger partial charge in [-0.25, -0.2) is 4.98 Å². The normalized spacial score (nSPS) is 10.8. The smallest absolute Gasteiger partial charge is 0.231 e. The fraction of sp³-hybridized carbons (Fsp3) is 0.0500. The van der Waals surface area contributed by atoms with Gasteiger partial charge in [-0.3, -0.25) is 10.1 Å². The van der Waals surface area contributed by atoms with Crippen molar-refractivity contribution in [3.63, 3.8) is 0 Å². The Morgan fingerprint density at radius 3 is 2.20 bits per heavy atom. The molecule has 0 aliphatic rings. The standard InChI is InChI=1S/C20H16N4O/c1-14(25)22-20-23-18(16-10-6-3-7-11-16)19-17(12-13-21-24(19)20)15-8-4-2-5-9-15/h2-13H,1H3,(H,22,23,25). The summed E-state index contributed by atoms with van der Waals surface area (Å²) < 4.78 is 1.69. The van der Waals surface area contributed by atoms with Crippen LogP contribution in [-0.2, 0) is 4.79 Å². The fourth-order valence-corrected chi connectivity index (χ4v) is 2.91. The first-order valence-electron chi connectivity index (χ1n) is 8.00. The monoisotopic (exact) mass is 328 g/mol. The molecule has 5 nitrogen and oxygen atoms in total. The van der Waals surface area contributed by atoms with Gasteiger partial charge < -0.3 is 0 Å². The van der Waals surface area contributed by atoms with Gasteiger partial charge in [-0.15, -0.1) is 0 Å². The summed E-state index contributed by atoms with van der Waals surface area (Å²) in [5.74, 6) is 0.234. The largest absolute Gasteiger partial charge is 0.295 e. The molecule has 0 bridgehead atoms. The van der Waals surface area contributed by atoms with Gasteiger partial charge in [0.15, 0.2) is 0 Å². The van der Waals surface area contributed by atoms with E-state index in [-0.39, 0.29) is 5.91 Å². The fourth-order valence-electron chi connectivity index (χ4n) is 2.91. The third-order valence-corrected chi connectivity index (χ3v) is 3.95. The average molecular weight is 328 g/mol. The molecule has 0 unspecified atom stereocenters. The van der Waals surface area contributed by atoms with Crippen molar-refractivity contribution in [3.8, 4) is 22.4 Å². The molecule has 0 radical (unpaired) electrons. The van der Waals surface area contributed by atoms with Crippen molar-refractivity contribution in [1.82, 2.24) is 14.6 Å². The summed E-state index contributed by atoms with van der Waals surface area (Å²) in [6, 6.07) is 22.0. The molecular formula is C20H16N4O. The van der Waals surface area contributed by atoms with Gasteiger partial charge in [0.25, 0.3) is 0 Å². The minimum absolute atomic E-state index is 0.182. The van der Waals surface area contributed by atoms with Crippen LogP contribution in [-0.4, -0.2) is 20.5 Å². The number of imidazole rings is 1. The Balaban J connectivity index is 2.05. The van der Waals surface area contributed by atoms with Crippen LogP contribution in [0.4, 0.5) is 5.95 Å². The zero-order valence-corrected chi connectivity index (χ0v) is 13.7. The first-order chi connectivity index (χ1) is 12.2. The molecule has 25 heavy (non-hydrogen) atoms. The van der Waals surface area contributed by atoms with Crippen LogP contribution in [0.25, 0.3) is 27.9 Å². The molecule has 0 saturated heterocycles. The van der Waals surface area contributed by atoms with Gasteiger partial charge in [-0.1, -0.05) is 60.7 Å². The van der Waals surface area contributed by atoms with Crippen LogP contribution in [0.5, 0.6) is 0 Å². The second-order valence-electron chi connectivity index (χ2n) is 5.70. The lowest BCUT2D eigenvalue weighted by Crippen LogP contribution is -2.10. The molecule has 0 fully saturated rings. The van der Waals surface area contributed by atoms with Crippen LogP contribution in [0.1, 0.15) is 6.92 Å². The Morgan fingerprint density at radius 2 is 1.56 bits per heavy atom. The van der Waals surface area contributed by atoms with E-state index in [9.17, 15) is 4.79 Å². The van der Waals surface area contributed by atoms with Crippen molar-refractivity contribution in [3.05, 3.63) is 72.9 Å². The van der Waals surface area contributed by atoms with Crippen molar-refractivity contribution < 1.29 is 4.79 Å². The van der Waals surface area contributed by atoms with E-state index >= 15 is 0 Å². The summed E-state index contributed by atoms with van der Waals surface area (Å²) in [6.07, 6.45) is 1.72. The highest BCUT2D eigenvalue weighted by Crippen LogP contribution is 2.33. The van der Waals surface area contributed by atoms with E-state index in [1.54, 1.807) is 10.7 Å². The number of benzene rings is 2. The molecule has 2 aromatic heterocycles. The van der Waals surface area contributed by atoms with Crippen molar-refractivity contribution in [2.45, 2.75) is 6.92 Å². The number of hydrogen-bond donors (Lipinski definition) is 1. The summed E-state index contributed by atoms with van der Waals surface area (Å²) in [5, 5.41) is 7.17. The van der Waals surface area contributed by atoms with Crippen LogP contribution >= 0.6 is 0 Å². The van der Waals surface area contributed by atoms with E-state index < -0.39 is 0 Å². The summed E-state index contributed by atoms with van der Waals surface area (Å²) in [4.78, 5) is 16.2. The quantitative estimate of drug-likeness (QED) is 0.618. The molecule has 4 rings (SSSR count). The molecule has 5 heteroatoms. The summed E-state index contributed by atoms with van der Waals surface area (Å²) in [6.45, 7) is 1.46. The lowest BCUT2D eigenvalue weighted by atomic mass is 10.0. The van der Waals surface area contributed by atoms with E-state index in [0.717, 1.165) is 27.9 Å². The van der Waals surface area contributed by atoms with E-state index in [4.69, 9.17) is 0 Å². The van der Waals surface area contributed by atoms with Gasteiger partial charge in [-0.2, -0.15) is 9.61 Å². The van der Waals surface area contributed by atoms with E-state index in [0.29, 0.717) is 5.95 Å². The molecule has 0 aliphatic carbocycles. The van der Waals surface area contributed by atoms with E-state index in [1.165, 1.54) is 6.92 Å². The number of fused-ring (bicyclic) bond motifs is 1. The Morgan fingerprint density at radius 1 is 0.920 bits per heavy atom. The highest BCUT2D eigenvalue weighted by Gasteiger charge is 2.18. The predicted octanol–water partition coefficient (Wildman–Crippen LogP) is 4.02. The predicted molar refractivity (Wildman–Crippen MR) is 98.2 cm³/mol. The van der Waals surface area contributed by atoms with Crippen LogP contribution in [0, 0.1) is 0 Å². The molecule has 0 spiro atoms. The van der Waals surface area contributed by atoms with Crippen LogP contribution in [0.3, 0.4) is 0 Å². The van der Waals surface area contributed by atoms with E-state index in [1.807, 2.05) is 54.6 Å². The maximum absolute atomic E-state index is 11.6. The zero-order chi connectivity index (χ0) is 17.2. The first kappa shape index (κ1) is 15.1. The van der Waals surface area contributed by atoms with Gasteiger partial charge in [0, 0.05) is 24.2 Å². The number of carbonyl (C=O) groups excluding carboxylic acids is 1. The Kier molecular flexibility index (Phi) is 3.74. The maximum Gasteiger partial charge on any atom is 0.231 e. The maximum atomic E-state index is 11.6. The zero-order valence-electron chi connectivity index (χ0n) is 13.7. The lowest BCUT2D eigenvalue weighted by molar-refractivity contribution is -0.114. The van der Waals surface area contributed by atoms with Crippen molar-refractivity contribution in [2.75, 3.05) is 5.32 Å². The molecule has 1 amide bonds. The molecule has 0 aliphatic heterocycles. The number of aromatic nitrogens is 3. The summed E-state index contributed by atoms with van der Waals surface area (Å²) in [5.41, 5.74) is 4.71. The highest BCUT2D eigenvalue weighted by atomic mass is 16.1. The molecule has 4 aromatic rings. The van der Waals surface area contributed by atoms with Crippen LogP contribution < -0.4 is 5.32 Å². The topological polar surface area (TPSA) is 59.3 Å². The third-order valence-electron chi connectivity index (χ3n) is 3.95. The Labute approximate surface area is 145 Å². The molecule has 122 valence electrons. The highest BCUT2D eigenvalue weighted by molar-refractivity contribution is 5.94. The number of amides is 1. The Hall–Kier alpha value is -3.47. The Bertz CT molecular complexity index is 1040. The second-order valence-corrected chi connectivity index (χ2v) is 5.70. The van der Waals surface area contributed by atoms with Gasteiger partial charge in [0.2, 0.25) is 11.9 Å². The number of carbonyl (C=O) groups is 1. The van der Waals surface area contributed by atoms with Crippen LogP contribution in [0.15, 0.2) is 72.9 Å². The molecule has 2 aromatic carbocycles. The second kappa shape index (κ2) is 6.20. The number of anilines is 1.